The van der Waals surface area contributed by atoms with Crippen molar-refractivity contribution >= 4 is 5.78 Å². The summed E-state index contributed by atoms with van der Waals surface area (Å²) in [4.78, 5) is 15.7. The third-order valence-electron chi connectivity index (χ3n) is 4.73. The summed E-state index contributed by atoms with van der Waals surface area (Å²) in [5, 5.41) is 20.3. The molecule has 0 bridgehead atoms. The van der Waals surface area contributed by atoms with Gasteiger partial charge in [-0.25, -0.2) is 0 Å². The number of hydrogen-bond acceptors (Lipinski definition) is 7. The minimum Gasteiger partial charge on any atom is -0.491 e. The Morgan fingerprint density at radius 3 is 1.93 bits per heavy atom. The van der Waals surface area contributed by atoms with Crippen molar-refractivity contribution in [2.45, 2.75) is 39.1 Å². The second-order valence-corrected chi connectivity index (χ2v) is 7.68. The number of ether oxygens (including phenoxy) is 2. The van der Waals surface area contributed by atoms with Crippen LogP contribution in [0.2, 0.25) is 0 Å². The second kappa shape index (κ2) is 11.5. The molecular formula is C21H34N2O5. The number of benzene rings is 1. The van der Waals surface area contributed by atoms with Gasteiger partial charge in [0, 0.05) is 44.8 Å². The number of carbonyl (C=O) groups is 1. The van der Waals surface area contributed by atoms with E-state index in [9.17, 15) is 15.0 Å². The Morgan fingerprint density at radius 1 is 0.964 bits per heavy atom. The summed E-state index contributed by atoms with van der Waals surface area (Å²) in [5.41, 5.74) is 0.645. The Hall–Kier alpha value is -1.51. The summed E-state index contributed by atoms with van der Waals surface area (Å²) in [7, 11) is 0. The van der Waals surface area contributed by atoms with Crippen LogP contribution in [0.1, 0.15) is 31.1 Å². The predicted octanol–water partition coefficient (Wildman–Crippen LogP) is 1.03. The summed E-state index contributed by atoms with van der Waals surface area (Å²) < 4.78 is 11.1. The lowest BCUT2D eigenvalue weighted by molar-refractivity contribution is -0.0176. The number of ketones is 1. The lowest BCUT2D eigenvalue weighted by Gasteiger charge is -2.36. The van der Waals surface area contributed by atoms with Crippen molar-refractivity contribution in [3.05, 3.63) is 29.8 Å². The highest BCUT2D eigenvalue weighted by Crippen LogP contribution is 2.13. The molecule has 0 radical (unpaired) electrons. The molecule has 28 heavy (non-hydrogen) atoms. The largest absolute Gasteiger partial charge is 0.491 e. The standard InChI is InChI=1S/C21H34N2O5/c1-16(2)27-14-19(25)12-22-8-10-23(11-9-22)13-20(26)15-28-21-6-4-18(5-7-21)17(3)24/h4-7,16,19-20,25-26H,8-15H2,1-3H3. The maximum Gasteiger partial charge on any atom is 0.159 e. The Bertz CT molecular complexity index is 585. The fourth-order valence-electron chi connectivity index (χ4n) is 3.14. The number of β-amino-alcohol motifs (C(OH)–C–C–N with tert-alkyl or cyclic N) is 2. The van der Waals surface area contributed by atoms with Gasteiger partial charge in [0.2, 0.25) is 0 Å². The van der Waals surface area contributed by atoms with Gasteiger partial charge in [0.05, 0.1) is 18.8 Å². The van der Waals surface area contributed by atoms with Crippen LogP contribution >= 0.6 is 0 Å². The molecular weight excluding hydrogens is 360 g/mol. The molecule has 2 rings (SSSR count). The molecule has 0 amide bonds. The average Bonchev–Trinajstić information content (AvgIpc) is 2.66. The fraction of sp³-hybridized carbons (Fsp3) is 0.667. The molecule has 158 valence electrons. The number of rotatable bonds is 11. The van der Waals surface area contributed by atoms with E-state index in [-0.39, 0.29) is 18.5 Å². The van der Waals surface area contributed by atoms with E-state index in [1.165, 1.54) is 6.92 Å². The highest BCUT2D eigenvalue weighted by Gasteiger charge is 2.21. The first-order chi connectivity index (χ1) is 13.3. The van der Waals surface area contributed by atoms with E-state index in [0.717, 1.165) is 26.2 Å². The molecule has 1 aliphatic rings. The molecule has 7 heteroatoms. The number of aliphatic hydroxyl groups excluding tert-OH is 2. The maximum absolute atomic E-state index is 11.3. The van der Waals surface area contributed by atoms with Crippen LogP contribution in [0.3, 0.4) is 0 Å². The number of piperazine rings is 1. The van der Waals surface area contributed by atoms with Crippen molar-refractivity contribution in [2.24, 2.45) is 0 Å². The first kappa shape index (κ1) is 22.8. The number of Topliss-reactive ketones (excluding diaryl/α,β-unsaturated/α-hetero) is 1. The minimum absolute atomic E-state index is 0.0192. The van der Waals surface area contributed by atoms with Gasteiger partial charge in [-0.3, -0.25) is 14.6 Å². The SMILES string of the molecule is CC(=O)c1ccc(OCC(O)CN2CCN(CC(O)COC(C)C)CC2)cc1. The van der Waals surface area contributed by atoms with Crippen LogP contribution in [0.4, 0.5) is 0 Å². The van der Waals surface area contributed by atoms with E-state index in [0.29, 0.717) is 31.0 Å². The van der Waals surface area contributed by atoms with E-state index in [4.69, 9.17) is 9.47 Å². The Kier molecular flexibility index (Phi) is 9.34. The molecule has 0 spiro atoms. The Labute approximate surface area is 167 Å². The van der Waals surface area contributed by atoms with Crippen molar-refractivity contribution in [2.75, 3.05) is 52.5 Å². The molecule has 1 aliphatic heterocycles. The molecule has 2 N–H and O–H groups in total. The van der Waals surface area contributed by atoms with Crippen LogP contribution in [-0.2, 0) is 4.74 Å². The quantitative estimate of drug-likeness (QED) is 0.543. The van der Waals surface area contributed by atoms with Crippen molar-refractivity contribution < 1.29 is 24.5 Å². The Morgan fingerprint density at radius 2 is 1.46 bits per heavy atom. The van der Waals surface area contributed by atoms with E-state index >= 15 is 0 Å². The zero-order valence-corrected chi connectivity index (χ0v) is 17.2. The smallest absolute Gasteiger partial charge is 0.159 e. The Balaban J connectivity index is 1.63. The summed E-state index contributed by atoms with van der Waals surface area (Å²) in [6, 6.07) is 6.95. The van der Waals surface area contributed by atoms with Crippen LogP contribution in [0.15, 0.2) is 24.3 Å². The molecule has 0 aliphatic carbocycles. The molecule has 2 atom stereocenters. The van der Waals surface area contributed by atoms with E-state index in [1.54, 1.807) is 24.3 Å². The molecule has 7 nitrogen and oxygen atoms in total. The molecule has 2 unspecified atom stereocenters. The monoisotopic (exact) mass is 394 g/mol. The molecule has 1 aromatic rings. The molecule has 1 aromatic carbocycles. The molecule has 0 aromatic heterocycles. The molecule has 1 heterocycles. The van der Waals surface area contributed by atoms with E-state index < -0.39 is 12.2 Å². The van der Waals surface area contributed by atoms with Gasteiger partial charge in [-0.1, -0.05) is 0 Å². The van der Waals surface area contributed by atoms with Crippen molar-refractivity contribution in [1.29, 1.82) is 0 Å². The average molecular weight is 395 g/mol. The van der Waals surface area contributed by atoms with Crippen LogP contribution in [0, 0.1) is 0 Å². The van der Waals surface area contributed by atoms with Gasteiger partial charge in [-0.2, -0.15) is 0 Å². The normalized spacial score (nSPS) is 18.2. The van der Waals surface area contributed by atoms with Gasteiger partial charge in [-0.15, -0.1) is 0 Å². The third kappa shape index (κ3) is 8.24. The van der Waals surface area contributed by atoms with Gasteiger partial charge in [0.1, 0.15) is 18.5 Å². The highest BCUT2D eigenvalue weighted by atomic mass is 16.5. The second-order valence-electron chi connectivity index (χ2n) is 7.68. The number of aliphatic hydroxyl groups is 2. The van der Waals surface area contributed by atoms with E-state index in [1.807, 2.05) is 13.8 Å². The molecule has 1 saturated heterocycles. The van der Waals surface area contributed by atoms with Gasteiger partial charge in [0.15, 0.2) is 5.78 Å². The number of hydrogen-bond donors (Lipinski definition) is 2. The zero-order chi connectivity index (χ0) is 20.5. The summed E-state index contributed by atoms with van der Waals surface area (Å²) in [5.74, 6) is 0.664. The van der Waals surface area contributed by atoms with Crippen LogP contribution in [0.5, 0.6) is 5.75 Å². The summed E-state index contributed by atoms with van der Waals surface area (Å²) >= 11 is 0. The van der Waals surface area contributed by atoms with Crippen molar-refractivity contribution in [3.63, 3.8) is 0 Å². The summed E-state index contributed by atoms with van der Waals surface area (Å²) in [6.07, 6.45) is -0.923. The van der Waals surface area contributed by atoms with Crippen molar-refractivity contribution in [3.8, 4) is 5.75 Å². The fourth-order valence-corrected chi connectivity index (χ4v) is 3.14. The lowest BCUT2D eigenvalue weighted by Crippen LogP contribution is -2.51. The van der Waals surface area contributed by atoms with Gasteiger partial charge < -0.3 is 19.7 Å². The number of nitrogens with zero attached hydrogens (tertiary/aromatic N) is 2. The van der Waals surface area contributed by atoms with Gasteiger partial charge in [-0.05, 0) is 45.0 Å². The molecule has 0 saturated carbocycles. The van der Waals surface area contributed by atoms with Crippen LogP contribution in [0.25, 0.3) is 0 Å². The van der Waals surface area contributed by atoms with Crippen molar-refractivity contribution in [1.82, 2.24) is 9.80 Å². The predicted molar refractivity (Wildman–Crippen MR) is 108 cm³/mol. The topological polar surface area (TPSA) is 82.5 Å². The summed E-state index contributed by atoms with van der Waals surface area (Å²) in [6.45, 7) is 10.6. The maximum atomic E-state index is 11.3. The molecule has 1 fully saturated rings. The van der Waals surface area contributed by atoms with Gasteiger partial charge in [0.25, 0.3) is 0 Å². The highest BCUT2D eigenvalue weighted by molar-refractivity contribution is 5.94. The lowest BCUT2D eigenvalue weighted by atomic mass is 10.1. The third-order valence-corrected chi connectivity index (χ3v) is 4.73. The van der Waals surface area contributed by atoms with Gasteiger partial charge >= 0.3 is 0 Å². The first-order valence-corrected chi connectivity index (χ1v) is 9.99. The van der Waals surface area contributed by atoms with Crippen LogP contribution < -0.4 is 4.74 Å². The first-order valence-electron chi connectivity index (χ1n) is 9.99. The van der Waals surface area contributed by atoms with Crippen LogP contribution in [-0.4, -0.2) is 96.6 Å². The minimum atomic E-state index is -0.580. The number of carbonyl (C=O) groups excluding carboxylic acids is 1. The zero-order valence-electron chi connectivity index (χ0n) is 17.2. The van der Waals surface area contributed by atoms with E-state index in [2.05, 4.69) is 9.80 Å².